The highest BCUT2D eigenvalue weighted by Crippen LogP contribution is 2.50. The Morgan fingerprint density at radius 1 is 0.878 bits per heavy atom. The van der Waals surface area contributed by atoms with Crippen molar-refractivity contribution in [3.8, 4) is 40.2 Å². The van der Waals surface area contributed by atoms with Crippen LogP contribution < -0.4 is 29.4 Å². The first-order chi connectivity index (χ1) is 23.6. The summed E-state index contributed by atoms with van der Waals surface area (Å²) in [7, 11) is 9.06. The summed E-state index contributed by atoms with van der Waals surface area (Å²) in [6.07, 6.45) is 2.79. The third-order valence-electron chi connectivity index (χ3n) is 10.6. The lowest BCUT2D eigenvalue weighted by Crippen LogP contribution is -2.54. The van der Waals surface area contributed by atoms with Gasteiger partial charge in [0, 0.05) is 36.6 Å². The third-order valence-corrected chi connectivity index (χ3v) is 10.6. The second-order valence-corrected chi connectivity index (χ2v) is 13.6. The SMILES string of the molecule is COc1ccc2cc1Oc1ccc(cc1)CC1c3cc(c(OC)cc3CC[N+]1(C)CC(=O)O)Oc1c(N)c(OC)cc3c1C(C2)N(C)CC3. The zero-order chi connectivity index (χ0) is 34.4. The first kappa shape index (κ1) is 32.6. The number of hydrogen-bond acceptors (Lipinski definition) is 8. The fourth-order valence-corrected chi connectivity index (χ4v) is 7.88. The molecule has 0 saturated heterocycles. The molecular weight excluding hydrogens is 622 g/mol. The van der Waals surface area contributed by atoms with Crippen LogP contribution in [0.1, 0.15) is 45.5 Å². The second-order valence-electron chi connectivity index (χ2n) is 13.6. The topological polar surface area (TPSA) is 113 Å². The van der Waals surface area contributed by atoms with Crippen LogP contribution in [0.25, 0.3) is 0 Å². The molecule has 8 rings (SSSR count). The molecule has 4 heterocycles. The number of ether oxygens (including phenoxy) is 5. The zero-order valence-electron chi connectivity index (χ0n) is 28.7. The van der Waals surface area contributed by atoms with Crippen molar-refractivity contribution in [1.29, 1.82) is 0 Å². The van der Waals surface area contributed by atoms with Crippen LogP contribution in [0.3, 0.4) is 0 Å². The van der Waals surface area contributed by atoms with Crippen LogP contribution in [0.15, 0.2) is 60.7 Å². The molecule has 4 aliphatic heterocycles. The Bertz CT molecular complexity index is 1910. The summed E-state index contributed by atoms with van der Waals surface area (Å²) in [5, 5.41) is 10.0. The number of nitrogens with two attached hydrogens (primary N) is 1. The molecule has 256 valence electrons. The molecule has 0 aromatic heterocycles. The van der Waals surface area contributed by atoms with E-state index in [4.69, 9.17) is 29.4 Å². The fraction of sp³-hybridized carbons (Fsp3) is 0.359. The number of carbonyl (C=O) groups is 1. The van der Waals surface area contributed by atoms with Gasteiger partial charge >= 0.3 is 5.97 Å². The van der Waals surface area contributed by atoms with Crippen molar-refractivity contribution in [2.45, 2.75) is 37.8 Å². The van der Waals surface area contributed by atoms with Crippen LogP contribution in [0.2, 0.25) is 0 Å². The van der Waals surface area contributed by atoms with Gasteiger partial charge in [0.15, 0.2) is 35.3 Å². The number of anilines is 1. The molecule has 0 aliphatic carbocycles. The van der Waals surface area contributed by atoms with Crippen molar-refractivity contribution in [1.82, 2.24) is 4.90 Å². The Morgan fingerprint density at radius 3 is 2.29 bits per heavy atom. The van der Waals surface area contributed by atoms with Crippen molar-refractivity contribution in [3.05, 3.63) is 94.0 Å². The van der Waals surface area contributed by atoms with Crippen LogP contribution in [-0.2, 0) is 30.5 Å². The van der Waals surface area contributed by atoms with Gasteiger partial charge in [0.1, 0.15) is 23.2 Å². The van der Waals surface area contributed by atoms with Crippen molar-refractivity contribution in [2.24, 2.45) is 0 Å². The molecule has 3 N–H and O–H groups in total. The summed E-state index contributed by atoms with van der Waals surface area (Å²) in [6, 6.07) is 20.0. The van der Waals surface area contributed by atoms with E-state index in [1.807, 2.05) is 49.5 Å². The molecule has 10 nitrogen and oxygen atoms in total. The number of hydrogen-bond donors (Lipinski definition) is 2. The number of benzene rings is 4. The van der Waals surface area contributed by atoms with Gasteiger partial charge in [0.05, 0.1) is 34.9 Å². The molecule has 0 saturated carbocycles. The maximum atomic E-state index is 12.2. The molecular formula is C39H44N3O7+. The molecule has 0 amide bonds. The number of fused-ring (bicyclic) bond motifs is 2. The Morgan fingerprint density at radius 2 is 1.57 bits per heavy atom. The summed E-state index contributed by atoms with van der Waals surface area (Å²) >= 11 is 0. The lowest BCUT2D eigenvalue weighted by Gasteiger charge is -2.45. The van der Waals surface area contributed by atoms with E-state index in [9.17, 15) is 9.90 Å². The predicted octanol–water partition coefficient (Wildman–Crippen LogP) is 6.34. The van der Waals surface area contributed by atoms with Crippen LogP contribution in [0, 0.1) is 0 Å². The predicted molar refractivity (Wildman–Crippen MR) is 186 cm³/mol. The van der Waals surface area contributed by atoms with E-state index >= 15 is 0 Å². The smallest absolute Gasteiger partial charge is 0.359 e. The first-order valence-electron chi connectivity index (χ1n) is 16.7. The molecule has 3 unspecified atom stereocenters. The molecule has 6 bridgehead atoms. The van der Waals surface area contributed by atoms with E-state index in [1.54, 1.807) is 21.3 Å². The van der Waals surface area contributed by atoms with Crippen molar-refractivity contribution >= 4 is 11.7 Å². The molecule has 4 aromatic carbocycles. The minimum Gasteiger partial charge on any atom is -0.494 e. The quantitative estimate of drug-likeness (QED) is 0.186. The Kier molecular flexibility index (Phi) is 8.54. The van der Waals surface area contributed by atoms with Gasteiger partial charge in [-0.2, -0.15) is 0 Å². The standard InChI is InChI=1S/C39H43N3O7/c1-41-14-12-26-20-35(47-5)38(40)39-37(26)29(41)16-24-8-11-31(45-3)33(18-24)48-27-9-6-23(7-10-27)17-30-28-21-34(49-39)32(46-4)19-25(28)13-15-42(30,2)22-36(43)44/h6-11,18-21,29-30H,12-17,22,40H2,1-5H3/p+1. The van der Waals surface area contributed by atoms with E-state index in [-0.39, 0.29) is 18.6 Å². The Labute approximate surface area is 287 Å². The highest BCUT2D eigenvalue weighted by Gasteiger charge is 2.42. The van der Waals surface area contributed by atoms with E-state index in [0.717, 1.165) is 46.3 Å². The number of nitrogen functional groups attached to an aromatic ring is 1. The van der Waals surface area contributed by atoms with Crippen molar-refractivity contribution in [2.75, 3.05) is 60.8 Å². The van der Waals surface area contributed by atoms with Gasteiger partial charge < -0.3 is 39.0 Å². The number of rotatable bonds is 5. The molecule has 0 fully saturated rings. The van der Waals surface area contributed by atoms with E-state index in [1.165, 1.54) is 0 Å². The van der Waals surface area contributed by atoms with Gasteiger partial charge in [0.25, 0.3) is 0 Å². The number of methoxy groups -OCH3 is 3. The van der Waals surface area contributed by atoms with E-state index < -0.39 is 5.97 Å². The maximum absolute atomic E-state index is 12.2. The van der Waals surface area contributed by atoms with Gasteiger partial charge in [-0.05, 0) is 84.6 Å². The third kappa shape index (κ3) is 6.00. The number of likely N-dealkylation sites (N-methyl/N-ethyl adjacent to an activating group) is 2. The van der Waals surface area contributed by atoms with Crippen molar-refractivity contribution in [3.63, 3.8) is 0 Å². The van der Waals surface area contributed by atoms with Gasteiger partial charge in [-0.1, -0.05) is 18.2 Å². The van der Waals surface area contributed by atoms with Crippen LogP contribution >= 0.6 is 0 Å². The number of nitrogens with zero attached hydrogens (tertiary/aromatic N) is 2. The number of carboxylic acid groups (broad SMARTS) is 1. The van der Waals surface area contributed by atoms with Gasteiger partial charge in [0.2, 0.25) is 0 Å². The number of quaternary nitrogens is 1. The van der Waals surface area contributed by atoms with E-state index in [0.29, 0.717) is 76.2 Å². The van der Waals surface area contributed by atoms with Crippen LogP contribution in [0.5, 0.6) is 40.2 Å². The highest BCUT2D eigenvalue weighted by molar-refractivity contribution is 5.71. The average molecular weight is 667 g/mol. The number of carboxylic acids is 1. The minimum absolute atomic E-state index is 0.00594. The Balaban J connectivity index is 1.47. The van der Waals surface area contributed by atoms with Crippen LogP contribution in [0.4, 0.5) is 5.69 Å². The molecule has 0 spiro atoms. The largest absolute Gasteiger partial charge is 0.494 e. The van der Waals surface area contributed by atoms with Gasteiger partial charge in [-0.15, -0.1) is 0 Å². The molecule has 4 aromatic rings. The highest BCUT2D eigenvalue weighted by atomic mass is 16.5. The van der Waals surface area contributed by atoms with Gasteiger partial charge in [-0.25, -0.2) is 4.79 Å². The van der Waals surface area contributed by atoms with Gasteiger partial charge in [-0.3, -0.25) is 4.90 Å². The Hall–Kier alpha value is -4.93. The fourth-order valence-electron chi connectivity index (χ4n) is 7.88. The number of aliphatic carboxylic acids is 1. The van der Waals surface area contributed by atoms with Crippen LogP contribution in [-0.4, -0.2) is 75.5 Å². The second kappa shape index (κ2) is 12.8. The molecule has 3 atom stereocenters. The first-order valence-corrected chi connectivity index (χ1v) is 16.7. The molecule has 4 aliphatic rings. The lowest BCUT2D eigenvalue weighted by molar-refractivity contribution is -0.934. The summed E-state index contributed by atoms with van der Waals surface area (Å²) in [4.78, 5) is 14.6. The molecule has 10 heteroatoms. The summed E-state index contributed by atoms with van der Waals surface area (Å²) in [5.41, 5.74) is 13.7. The minimum atomic E-state index is -0.832. The maximum Gasteiger partial charge on any atom is 0.359 e. The normalized spacial score (nSPS) is 21.3. The summed E-state index contributed by atoms with van der Waals surface area (Å²) in [6.45, 7) is 1.52. The summed E-state index contributed by atoms with van der Waals surface area (Å²) in [5.74, 6) is 3.35. The monoisotopic (exact) mass is 666 g/mol. The lowest BCUT2D eigenvalue weighted by atomic mass is 9.86. The average Bonchev–Trinajstić information content (AvgIpc) is 3.08. The zero-order valence-corrected chi connectivity index (χ0v) is 28.7. The summed E-state index contributed by atoms with van der Waals surface area (Å²) < 4.78 is 31.2. The van der Waals surface area contributed by atoms with Crippen molar-refractivity contribution < 1.29 is 38.1 Å². The van der Waals surface area contributed by atoms with E-state index in [2.05, 4.69) is 30.1 Å². The molecule has 0 radical (unpaired) electrons. The molecule has 49 heavy (non-hydrogen) atoms.